The van der Waals surface area contributed by atoms with E-state index in [-0.39, 0.29) is 17.4 Å². The SMILES string of the molecule is CNC(=O)c1cc(-c2ccccc2F)c2c(C)c(-c3ccoc3)c(C)cc2n1. The Morgan fingerprint density at radius 3 is 2.57 bits per heavy atom. The number of aromatic nitrogens is 1. The van der Waals surface area contributed by atoms with Crippen molar-refractivity contribution in [3.05, 3.63) is 77.6 Å². The molecule has 2 aromatic heterocycles. The van der Waals surface area contributed by atoms with Crippen LogP contribution in [0.5, 0.6) is 0 Å². The highest BCUT2D eigenvalue weighted by molar-refractivity contribution is 6.05. The normalized spacial score (nSPS) is 11.0. The minimum atomic E-state index is -0.345. The van der Waals surface area contributed by atoms with Crippen LogP contribution in [0.3, 0.4) is 0 Å². The van der Waals surface area contributed by atoms with E-state index in [2.05, 4.69) is 10.3 Å². The summed E-state index contributed by atoms with van der Waals surface area (Å²) in [4.78, 5) is 16.8. The summed E-state index contributed by atoms with van der Waals surface area (Å²) < 4.78 is 19.9. The van der Waals surface area contributed by atoms with Crippen LogP contribution < -0.4 is 5.32 Å². The van der Waals surface area contributed by atoms with Crippen LogP contribution in [0.2, 0.25) is 0 Å². The Kier molecular flexibility index (Phi) is 4.43. The van der Waals surface area contributed by atoms with Crippen LogP contribution in [-0.4, -0.2) is 17.9 Å². The maximum atomic E-state index is 14.7. The van der Waals surface area contributed by atoms with Gasteiger partial charge >= 0.3 is 0 Å². The minimum Gasteiger partial charge on any atom is -0.472 e. The van der Waals surface area contributed by atoms with Crippen LogP contribution in [0.25, 0.3) is 33.2 Å². The molecule has 2 aromatic carbocycles. The zero-order chi connectivity index (χ0) is 19.8. The molecule has 0 radical (unpaired) electrons. The van der Waals surface area contributed by atoms with Crippen molar-refractivity contribution in [2.24, 2.45) is 0 Å². The molecular formula is C23H19FN2O2. The lowest BCUT2D eigenvalue weighted by Gasteiger charge is -2.17. The molecule has 0 fully saturated rings. The average Bonchev–Trinajstić information content (AvgIpc) is 3.21. The molecule has 0 aliphatic rings. The van der Waals surface area contributed by atoms with E-state index < -0.39 is 0 Å². The summed E-state index contributed by atoms with van der Waals surface area (Å²) >= 11 is 0. The van der Waals surface area contributed by atoms with Gasteiger partial charge in [-0.25, -0.2) is 9.37 Å². The highest BCUT2D eigenvalue weighted by Crippen LogP contribution is 2.38. The minimum absolute atomic E-state index is 0.253. The predicted molar refractivity (Wildman–Crippen MR) is 108 cm³/mol. The number of nitrogens with one attached hydrogen (secondary N) is 1. The van der Waals surface area contributed by atoms with Crippen molar-refractivity contribution in [1.82, 2.24) is 10.3 Å². The summed E-state index contributed by atoms with van der Waals surface area (Å²) in [7, 11) is 1.55. The zero-order valence-electron chi connectivity index (χ0n) is 15.8. The second-order valence-corrected chi connectivity index (χ2v) is 6.71. The molecule has 0 aliphatic carbocycles. The average molecular weight is 374 g/mol. The summed E-state index contributed by atoms with van der Waals surface area (Å²) in [6.07, 6.45) is 3.32. The second kappa shape index (κ2) is 6.93. The van der Waals surface area contributed by atoms with Gasteiger partial charge in [0.05, 0.1) is 18.0 Å². The lowest BCUT2D eigenvalue weighted by Crippen LogP contribution is -2.19. The van der Waals surface area contributed by atoms with Gasteiger partial charge in [-0.15, -0.1) is 0 Å². The smallest absolute Gasteiger partial charge is 0.269 e. The van der Waals surface area contributed by atoms with E-state index in [1.807, 2.05) is 26.0 Å². The van der Waals surface area contributed by atoms with Crippen LogP contribution >= 0.6 is 0 Å². The van der Waals surface area contributed by atoms with Crippen molar-refractivity contribution in [1.29, 1.82) is 0 Å². The first-order valence-electron chi connectivity index (χ1n) is 8.95. The van der Waals surface area contributed by atoms with E-state index in [1.54, 1.807) is 43.8 Å². The number of benzene rings is 2. The van der Waals surface area contributed by atoms with Crippen molar-refractivity contribution in [3.63, 3.8) is 0 Å². The number of halogens is 1. The molecule has 4 nitrogen and oxygen atoms in total. The summed E-state index contributed by atoms with van der Waals surface area (Å²) in [5.74, 6) is -0.656. The number of rotatable bonds is 3. The third kappa shape index (κ3) is 2.85. The molecule has 0 saturated carbocycles. The van der Waals surface area contributed by atoms with Crippen LogP contribution in [0.4, 0.5) is 4.39 Å². The summed E-state index contributed by atoms with van der Waals surface area (Å²) in [6.45, 7) is 3.98. The molecule has 0 atom stereocenters. The molecule has 0 saturated heterocycles. The number of hydrogen-bond donors (Lipinski definition) is 1. The van der Waals surface area contributed by atoms with E-state index >= 15 is 0 Å². The molecule has 2 heterocycles. The Morgan fingerprint density at radius 2 is 1.89 bits per heavy atom. The highest BCUT2D eigenvalue weighted by Gasteiger charge is 2.19. The molecule has 1 amide bonds. The molecule has 5 heteroatoms. The molecule has 28 heavy (non-hydrogen) atoms. The lowest BCUT2D eigenvalue weighted by atomic mass is 9.89. The first kappa shape index (κ1) is 17.9. The third-order valence-corrected chi connectivity index (χ3v) is 4.98. The fourth-order valence-corrected chi connectivity index (χ4v) is 3.75. The first-order valence-corrected chi connectivity index (χ1v) is 8.95. The Morgan fingerprint density at radius 1 is 1.11 bits per heavy atom. The number of nitrogens with zero attached hydrogens (tertiary/aromatic N) is 1. The van der Waals surface area contributed by atoms with Gasteiger partial charge in [-0.1, -0.05) is 18.2 Å². The second-order valence-electron chi connectivity index (χ2n) is 6.71. The maximum absolute atomic E-state index is 14.7. The van der Waals surface area contributed by atoms with Gasteiger partial charge < -0.3 is 9.73 Å². The van der Waals surface area contributed by atoms with E-state index in [0.717, 1.165) is 27.6 Å². The van der Waals surface area contributed by atoms with Crippen molar-refractivity contribution in [2.45, 2.75) is 13.8 Å². The summed E-state index contributed by atoms with van der Waals surface area (Å²) in [5, 5.41) is 3.41. The maximum Gasteiger partial charge on any atom is 0.269 e. The van der Waals surface area contributed by atoms with Gasteiger partial charge in [-0.05, 0) is 60.4 Å². The lowest BCUT2D eigenvalue weighted by molar-refractivity contribution is 0.0958. The van der Waals surface area contributed by atoms with Gasteiger partial charge in [0.2, 0.25) is 0 Å². The number of amides is 1. The van der Waals surface area contributed by atoms with Gasteiger partial charge in [0.25, 0.3) is 5.91 Å². The fourth-order valence-electron chi connectivity index (χ4n) is 3.75. The monoisotopic (exact) mass is 374 g/mol. The van der Waals surface area contributed by atoms with Gasteiger partial charge in [-0.3, -0.25) is 4.79 Å². The van der Waals surface area contributed by atoms with Gasteiger partial charge in [0.1, 0.15) is 11.5 Å². The molecule has 0 spiro atoms. The standard InChI is InChI=1S/C23H19FN2O2/c1-13-10-19-22(14(2)21(13)15-8-9-28-12-15)17(11-20(26-19)23(27)25-3)16-6-4-5-7-18(16)24/h4-12H,1-3H3,(H,25,27). The molecular weight excluding hydrogens is 355 g/mol. The Hall–Kier alpha value is -3.47. The third-order valence-electron chi connectivity index (χ3n) is 4.98. The topological polar surface area (TPSA) is 55.1 Å². The molecule has 0 aliphatic heterocycles. The van der Waals surface area contributed by atoms with Crippen molar-refractivity contribution in [2.75, 3.05) is 7.05 Å². The number of aryl methyl sites for hydroxylation is 2. The van der Waals surface area contributed by atoms with Crippen LogP contribution in [0, 0.1) is 19.7 Å². The predicted octanol–water partition coefficient (Wildman–Crippen LogP) is 5.28. The largest absolute Gasteiger partial charge is 0.472 e. The van der Waals surface area contributed by atoms with E-state index in [4.69, 9.17) is 4.42 Å². The molecule has 140 valence electrons. The molecule has 0 unspecified atom stereocenters. The molecule has 4 aromatic rings. The Bertz CT molecular complexity index is 1200. The Balaban J connectivity index is 2.14. The zero-order valence-corrected chi connectivity index (χ0v) is 15.8. The quantitative estimate of drug-likeness (QED) is 0.531. The van der Waals surface area contributed by atoms with Crippen molar-refractivity contribution >= 4 is 16.8 Å². The van der Waals surface area contributed by atoms with E-state index in [0.29, 0.717) is 16.6 Å². The number of hydrogen-bond acceptors (Lipinski definition) is 3. The van der Waals surface area contributed by atoms with Crippen molar-refractivity contribution < 1.29 is 13.6 Å². The summed E-state index contributed by atoms with van der Waals surface area (Å²) in [5.41, 5.74) is 5.93. The van der Waals surface area contributed by atoms with Crippen molar-refractivity contribution in [3.8, 4) is 22.3 Å². The van der Waals surface area contributed by atoms with Gasteiger partial charge in [0.15, 0.2) is 0 Å². The van der Waals surface area contributed by atoms with Crippen LogP contribution in [0.1, 0.15) is 21.6 Å². The van der Waals surface area contributed by atoms with Gasteiger partial charge in [-0.2, -0.15) is 0 Å². The summed E-state index contributed by atoms with van der Waals surface area (Å²) in [6, 6.07) is 12.1. The van der Waals surface area contributed by atoms with Crippen LogP contribution in [0.15, 0.2) is 59.4 Å². The highest BCUT2D eigenvalue weighted by atomic mass is 19.1. The fraction of sp³-hybridized carbons (Fsp3) is 0.130. The number of carbonyl (C=O) groups is 1. The Labute approximate surface area is 162 Å². The number of fused-ring (bicyclic) bond motifs is 1. The van der Waals surface area contributed by atoms with E-state index in [9.17, 15) is 9.18 Å². The number of furan rings is 1. The molecule has 0 bridgehead atoms. The van der Waals surface area contributed by atoms with Crippen LogP contribution in [-0.2, 0) is 0 Å². The molecule has 1 N–H and O–H groups in total. The first-order chi connectivity index (χ1) is 13.5. The molecule has 4 rings (SSSR count). The number of pyridine rings is 1. The van der Waals surface area contributed by atoms with E-state index in [1.165, 1.54) is 6.07 Å². The number of carbonyl (C=O) groups excluding carboxylic acids is 1. The van der Waals surface area contributed by atoms with Gasteiger partial charge in [0, 0.05) is 23.6 Å².